The van der Waals surface area contributed by atoms with E-state index < -0.39 is 10.0 Å². The van der Waals surface area contributed by atoms with E-state index >= 15 is 0 Å². The fraction of sp³-hybridized carbons (Fsp3) is 0.500. The topological polar surface area (TPSA) is 70.4 Å². The Morgan fingerprint density at radius 2 is 2.00 bits per heavy atom. The largest absolute Gasteiger partial charge is 0.383 e. The number of hydrogen-bond donors (Lipinski definition) is 0. The van der Waals surface area contributed by atoms with Crippen molar-refractivity contribution >= 4 is 10.0 Å². The van der Waals surface area contributed by atoms with E-state index in [0.29, 0.717) is 24.3 Å². The van der Waals surface area contributed by atoms with Gasteiger partial charge in [0.15, 0.2) is 0 Å². The van der Waals surface area contributed by atoms with Crippen LogP contribution in [-0.2, 0) is 20.5 Å². The van der Waals surface area contributed by atoms with Crippen LogP contribution < -0.4 is 0 Å². The summed E-state index contributed by atoms with van der Waals surface area (Å²) < 4.78 is 31.4. The SMILES string of the molecule is COCCN(C1CC1)S(=O)(=O)Cc1ccc(C#N)cc1. The van der Waals surface area contributed by atoms with E-state index in [0.717, 1.165) is 12.8 Å². The number of benzene rings is 1. The van der Waals surface area contributed by atoms with Crippen LogP contribution in [0.25, 0.3) is 0 Å². The van der Waals surface area contributed by atoms with Crippen LogP contribution in [0.5, 0.6) is 0 Å². The van der Waals surface area contributed by atoms with Crippen LogP contribution in [0.15, 0.2) is 24.3 Å². The molecule has 0 amide bonds. The maximum absolute atomic E-state index is 12.4. The summed E-state index contributed by atoms with van der Waals surface area (Å²) in [6, 6.07) is 8.82. The van der Waals surface area contributed by atoms with Gasteiger partial charge in [0.2, 0.25) is 10.0 Å². The quantitative estimate of drug-likeness (QED) is 0.764. The molecule has 1 aromatic rings. The fourth-order valence-electron chi connectivity index (χ4n) is 2.06. The minimum absolute atomic E-state index is 0.0288. The van der Waals surface area contributed by atoms with Gasteiger partial charge in [-0.1, -0.05) is 12.1 Å². The summed E-state index contributed by atoms with van der Waals surface area (Å²) in [6.45, 7) is 0.808. The van der Waals surface area contributed by atoms with Gasteiger partial charge in [-0.05, 0) is 30.5 Å². The highest BCUT2D eigenvalue weighted by atomic mass is 32.2. The van der Waals surface area contributed by atoms with Crippen molar-refractivity contribution in [1.29, 1.82) is 5.26 Å². The molecule has 0 N–H and O–H groups in total. The van der Waals surface area contributed by atoms with Crippen LogP contribution in [0.2, 0.25) is 0 Å². The second-order valence-electron chi connectivity index (χ2n) is 4.90. The highest BCUT2D eigenvalue weighted by molar-refractivity contribution is 7.88. The van der Waals surface area contributed by atoms with E-state index in [4.69, 9.17) is 10.00 Å². The molecule has 0 spiro atoms. The summed E-state index contributed by atoms with van der Waals surface area (Å²) >= 11 is 0. The van der Waals surface area contributed by atoms with Crippen LogP contribution in [0.1, 0.15) is 24.0 Å². The van der Waals surface area contributed by atoms with Gasteiger partial charge < -0.3 is 4.74 Å². The monoisotopic (exact) mass is 294 g/mol. The molecule has 6 heteroatoms. The molecule has 0 atom stereocenters. The number of nitrogens with zero attached hydrogens (tertiary/aromatic N) is 2. The lowest BCUT2D eigenvalue weighted by atomic mass is 10.2. The van der Waals surface area contributed by atoms with Crippen molar-refractivity contribution in [3.05, 3.63) is 35.4 Å². The molecule has 0 heterocycles. The molecule has 5 nitrogen and oxygen atoms in total. The summed E-state index contributed by atoms with van der Waals surface area (Å²) in [5.41, 5.74) is 1.23. The Morgan fingerprint density at radius 3 is 2.50 bits per heavy atom. The Kier molecular flexibility index (Phi) is 4.76. The van der Waals surface area contributed by atoms with E-state index in [-0.39, 0.29) is 11.8 Å². The number of sulfonamides is 1. The molecule has 20 heavy (non-hydrogen) atoms. The van der Waals surface area contributed by atoms with E-state index in [2.05, 4.69) is 0 Å². The lowest BCUT2D eigenvalue weighted by molar-refractivity contribution is 0.177. The molecule has 0 radical (unpaired) electrons. The summed E-state index contributed by atoms with van der Waals surface area (Å²) in [7, 11) is -1.77. The normalized spacial score (nSPS) is 15.2. The molecular weight excluding hydrogens is 276 g/mol. The Hall–Kier alpha value is -1.42. The molecule has 1 aromatic carbocycles. The molecule has 1 aliphatic rings. The minimum atomic E-state index is -3.33. The van der Waals surface area contributed by atoms with Crippen LogP contribution in [-0.4, -0.2) is 39.0 Å². The van der Waals surface area contributed by atoms with Gasteiger partial charge in [-0.3, -0.25) is 0 Å². The third-order valence-corrected chi connectivity index (χ3v) is 5.15. The van der Waals surface area contributed by atoms with E-state index in [1.807, 2.05) is 6.07 Å². The minimum Gasteiger partial charge on any atom is -0.383 e. The van der Waals surface area contributed by atoms with E-state index in [9.17, 15) is 8.42 Å². The van der Waals surface area contributed by atoms with Gasteiger partial charge in [-0.2, -0.15) is 9.57 Å². The molecule has 2 rings (SSSR count). The van der Waals surface area contributed by atoms with Gasteiger partial charge in [-0.25, -0.2) is 8.42 Å². The predicted octanol–water partition coefficient (Wildman–Crippen LogP) is 1.50. The lowest BCUT2D eigenvalue weighted by Gasteiger charge is -2.21. The standard InChI is InChI=1S/C14H18N2O3S/c1-19-9-8-16(14-6-7-14)20(17,18)11-13-4-2-12(10-15)3-5-13/h2-5,14H,6-9,11H2,1H3. The molecular formula is C14H18N2O3S. The highest BCUT2D eigenvalue weighted by Gasteiger charge is 2.36. The Balaban J connectivity index is 2.09. The number of ether oxygens (including phenoxy) is 1. The first-order valence-corrected chi connectivity index (χ1v) is 8.15. The molecule has 1 saturated carbocycles. The first-order chi connectivity index (χ1) is 9.56. The Morgan fingerprint density at radius 1 is 1.35 bits per heavy atom. The number of rotatable bonds is 7. The highest BCUT2D eigenvalue weighted by Crippen LogP contribution is 2.30. The van der Waals surface area contributed by atoms with Crippen LogP contribution in [0.4, 0.5) is 0 Å². The van der Waals surface area contributed by atoms with Crippen molar-refractivity contribution in [3.8, 4) is 6.07 Å². The molecule has 0 bridgehead atoms. The molecule has 1 aliphatic carbocycles. The summed E-state index contributed by atoms with van der Waals surface area (Å²) in [6.07, 6.45) is 1.85. The smallest absolute Gasteiger partial charge is 0.218 e. The maximum atomic E-state index is 12.4. The predicted molar refractivity (Wildman–Crippen MR) is 75.4 cm³/mol. The summed E-state index contributed by atoms with van der Waals surface area (Å²) in [5, 5.41) is 8.74. The van der Waals surface area contributed by atoms with Crippen molar-refractivity contribution < 1.29 is 13.2 Å². The molecule has 0 saturated heterocycles. The van der Waals surface area contributed by atoms with Crippen molar-refractivity contribution in [2.24, 2.45) is 0 Å². The van der Waals surface area contributed by atoms with Gasteiger partial charge >= 0.3 is 0 Å². The molecule has 0 unspecified atom stereocenters. The van der Waals surface area contributed by atoms with Crippen molar-refractivity contribution in [2.45, 2.75) is 24.6 Å². The number of methoxy groups -OCH3 is 1. The van der Waals surface area contributed by atoms with Crippen molar-refractivity contribution in [3.63, 3.8) is 0 Å². The number of hydrogen-bond acceptors (Lipinski definition) is 4. The second-order valence-corrected chi connectivity index (χ2v) is 6.82. The average molecular weight is 294 g/mol. The first kappa shape index (κ1) is 15.0. The fourth-order valence-corrected chi connectivity index (χ4v) is 3.86. The first-order valence-electron chi connectivity index (χ1n) is 6.54. The van der Waals surface area contributed by atoms with Gasteiger partial charge in [-0.15, -0.1) is 0 Å². The zero-order valence-electron chi connectivity index (χ0n) is 11.4. The van der Waals surface area contributed by atoms with Gasteiger partial charge in [0, 0.05) is 19.7 Å². The lowest BCUT2D eigenvalue weighted by Crippen LogP contribution is -2.36. The molecule has 1 fully saturated rings. The zero-order valence-corrected chi connectivity index (χ0v) is 12.3. The molecule has 108 valence electrons. The van der Waals surface area contributed by atoms with Crippen LogP contribution in [0, 0.1) is 11.3 Å². The molecule has 0 aromatic heterocycles. The zero-order chi connectivity index (χ0) is 14.6. The number of nitriles is 1. The summed E-state index contributed by atoms with van der Waals surface area (Å²) in [4.78, 5) is 0. The third-order valence-electron chi connectivity index (χ3n) is 3.26. The second kappa shape index (κ2) is 6.35. The third kappa shape index (κ3) is 3.79. The van der Waals surface area contributed by atoms with Gasteiger partial charge in [0.1, 0.15) is 0 Å². The Labute approximate surface area is 119 Å². The Bertz CT molecular complexity index is 586. The maximum Gasteiger partial charge on any atom is 0.218 e. The van der Waals surface area contributed by atoms with Crippen LogP contribution in [0.3, 0.4) is 0 Å². The van der Waals surface area contributed by atoms with Crippen molar-refractivity contribution in [1.82, 2.24) is 4.31 Å². The van der Waals surface area contributed by atoms with Crippen molar-refractivity contribution in [2.75, 3.05) is 20.3 Å². The van der Waals surface area contributed by atoms with E-state index in [1.54, 1.807) is 35.7 Å². The summed E-state index contributed by atoms with van der Waals surface area (Å²) in [5.74, 6) is -0.0288. The van der Waals surface area contributed by atoms with Gasteiger partial charge in [0.05, 0.1) is 24.0 Å². The average Bonchev–Trinajstić information content (AvgIpc) is 3.24. The van der Waals surface area contributed by atoms with Gasteiger partial charge in [0.25, 0.3) is 0 Å². The van der Waals surface area contributed by atoms with Crippen LogP contribution >= 0.6 is 0 Å². The van der Waals surface area contributed by atoms with E-state index in [1.165, 1.54) is 0 Å². The molecule has 0 aliphatic heterocycles.